The zero-order valence-corrected chi connectivity index (χ0v) is 13.3. The third kappa shape index (κ3) is 3.36. The Labute approximate surface area is 132 Å². The van der Waals surface area contributed by atoms with Crippen LogP contribution >= 0.6 is 31.9 Å². The Balaban J connectivity index is 2.44. The molecule has 0 amide bonds. The minimum Gasteiger partial charge on any atom is -0.450 e. The summed E-state index contributed by atoms with van der Waals surface area (Å²) >= 11 is 6.54. The Bertz CT molecular complexity index is 662. The summed E-state index contributed by atoms with van der Waals surface area (Å²) in [4.78, 5) is 10.6. The molecule has 0 radical (unpaired) electrons. The number of ether oxygens (including phenoxy) is 1. The van der Waals surface area contributed by atoms with Crippen LogP contribution in [0.2, 0.25) is 0 Å². The molecule has 2 rings (SSSR count). The Morgan fingerprint density at radius 1 is 1.10 bits per heavy atom. The molecule has 0 aliphatic heterocycles. The first kappa shape index (κ1) is 15.0. The predicted octanol–water partition coefficient (Wildman–Crippen LogP) is 4.37. The van der Waals surface area contributed by atoms with E-state index in [0.717, 1.165) is 10.0 Å². The van der Waals surface area contributed by atoms with Gasteiger partial charge in [-0.25, -0.2) is 0 Å². The summed E-state index contributed by atoms with van der Waals surface area (Å²) < 4.78 is 7.08. The molecule has 0 aliphatic rings. The Hall–Kier alpha value is -1.44. The molecular formula is C13H10Br2N2O3. The molecule has 104 valence electrons. The van der Waals surface area contributed by atoms with E-state index < -0.39 is 4.92 Å². The highest BCUT2D eigenvalue weighted by molar-refractivity contribution is 9.10. The second kappa shape index (κ2) is 6.34. The van der Waals surface area contributed by atoms with Gasteiger partial charge in [0.2, 0.25) is 5.75 Å². The monoisotopic (exact) mass is 400 g/mol. The average molecular weight is 402 g/mol. The topological polar surface area (TPSA) is 78.4 Å². The van der Waals surface area contributed by atoms with Gasteiger partial charge in [-0.3, -0.25) is 10.1 Å². The molecule has 0 unspecified atom stereocenters. The van der Waals surface area contributed by atoms with Crippen molar-refractivity contribution in [3.05, 3.63) is 61.0 Å². The van der Waals surface area contributed by atoms with Crippen LogP contribution in [0.3, 0.4) is 0 Å². The highest BCUT2D eigenvalue weighted by Crippen LogP contribution is 2.35. The second-order valence-electron chi connectivity index (χ2n) is 3.93. The highest BCUT2D eigenvalue weighted by atomic mass is 79.9. The molecule has 0 fully saturated rings. The smallest absolute Gasteiger partial charge is 0.312 e. The lowest BCUT2D eigenvalue weighted by atomic mass is 10.2. The summed E-state index contributed by atoms with van der Waals surface area (Å²) in [6.45, 7) is 0.285. The normalized spacial score (nSPS) is 10.3. The fraction of sp³-hybridized carbons (Fsp3) is 0.0769. The van der Waals surface area contributed by atoms with Crippen LogP contribution in [0.1, 0.15) is 5.56 Å². The number of hydrogen-bond acceptors (Lipinski definition) is 4. The summed E-state index contributed by atoms with van der Waals surface area (Å²) in [6, 6.07) is 10.0. The second-order valence-corrected chi connectivity index (χ2v) is 5.76. The number of nitrogens with two attached hydrogens (primary N) is 1. The zero-order valence-electron chi connectivity index (χ0n) is 10.2. The Morgan fingerprint density at radius 3 is 2.40 bits per heavy atom. The van der Waals surface area contributed by atoms with Gasteiger partial charge in [-0.05, 0) is 24.3 Å². The van der Waals surface area contributed by atoms with Crippen LogP contribution in [-0.4, -0.2) is 4.92 Å². The van der Waals surface area contributed by atoms with Crippen LogP contribution in [0.15, 0.2) is 45.3 Å². The molecule has 0 atom stereocenters. The maximum absolute atomic E-state index is 11.1. The standard InChI is InChI=1S/C13H10Br2N2O3/c14-9-3-4-12(11(5-9)17(18)19)20-13-6-10(15)2-1-8(13)7-16/h1-6H,7,16H2. The highest BCUT2D eigenvalue weighted by Gasteiger charge is 2.17. The fourth-order valence-corrected chi connectivity index (χ4v) is 2.32. The maximum atomic E-state index is 11.1. The molecule has 2 aromatic carbocycles. The van der Waals surface area contributed by atoms with E-state index >= 15 is 0 Å². The van der Waals surface area contributed by atoms with Crippen LogP contribution in [0, 0.1) is 10.1 Å². The summed E-state index contributed by atoms with van der Waals surface area (Å²) in [7, 11) is 0. The molecule has 2 N–H and O–H groups in total. The molecule has 2 aromatic rings. The molecular weight excluding hydrogens is 392 g/mol. The number of nitrogens with zero attached hydrogens (tertiary/aromatic N) is 1. The minimum atomic E-state index is -0.486. The zero-order chi connectivity index (χ0) is 14.7. The van der Waals surface area contributed by atoms with Gasteiger partial charge in [-0.2, -0.15) is 0 Å². The first-order chi connectivity index (χ1) is 9.51. The number of benzene rings is 2. The third-order valence-corrected chi connectivity index (χ3v) is 3.57. The van der Waals surface area contributed by atoms with Gasteiger partial charge in [0.15, 0.2) is 0 Å². The lowest BCUT2D eigenvalue weighted by Gasteiger charge is -2.11. The van der Waals surface area contributed by atoms with Gasteiger partial charge in [0, 0.05) is 27.1 Å². The molecule has 0 heterocycles. The minimum absolute atomic E-state index is 0.109. The summed E-state index contributed by atoms with van der Waals surface area (Å²) in [6.07, 6.45) is 0. The van der Waals surface area contributed by atoms with Gasteiger partial charge >= 0.3 is 5.69 Å². The average Bonchev–Trinajstić information content (AvgIpc) is 2.41. The fourth-order valence-electron chi connectivity index (χ4n) is 1.63. The van der Waals surface area contributed by atoms with E-state index in [1.807, 2.05) is 12.1 Å². The summed E-state index contributed by atoms with van der Waals surface area (Å²) in [5, 5.41) is 11.1. The molecule has 0 aromatic heterocycles. The Morgan fingerprint density at radius 2 is 1.75 bits per heavy atom. The number of nitro benzene ring substituents is 1. The first-order valence-electron chi connectivity index (χ1n) is 5.61. The van der Waals surface area contributed by atoms with Crippen LogP contribution < -0.4 is 10.5 Å². The van der Waals surface area contributed by atoms with Crippen LogP contribution in [0.4, 0.5) is 5.69 Å². The molecule has 0 bridgehead atoms. The van der Waals surface area contributed by atoms with Gasteiger partial charge in [0.1, 0.15) is 5.75 Å². The van der Waals surface area contributed by atoms with Crippen molar-refractivity contribution in [2.24, 2.45) is 5.73 Å². The molecule has 20 heavy (non-hydrogen) atoms. The molecule has 0 saturated heterocycles. The van der Waals surface area contributed by atoms with E-state index in [1.165, 1.54) is 6.07 Å². The van der Waals surface area contributed by atoms with Gasteiger partial charge in [-0.15, -0.1) is 0 Å². The van der Waals surface area contributed by atoms with E-state index in [9.17, 15) is 10.1 Å². The summed E-state index contributed by atoms with van der Waals surface area (Å²) in [5.74, 6) is 0.665. The van der Waals surface area contributed by atoms with Crippen LogP contribution in [0.25, 0.3) is 0 Å². The SMILES string of the molecule is NCc1ccc(Br)cc1Oc1ccc(Br)cc1[N+](=O)[O-]. The first-order valence-corrected chi connectivity index (χ1v) is 7.20. The van der Waals surface area contributed by atoms with Gasteiger partial charge in [0.05, 0.1) is 4.92 Å². The van der Waals surface area contributed by atoms with Crippen molar-refractivity contribution in [3.8, 4) is 11.5 Å². The quantitative estimate of drug-likeness (QED) is 0.609. The van der Waals surface area contributed by atoms with Crippen molar-refractivity contribution in [2.45, 2.75) is 6.54 Å². The van der Waals surface area contributed by atoms with Crippen molar-refractivity contribution in [3.63, 3.8) is 0 Å². The number of nitro groups is 1. The van der Waals surface area contributed by atoms with Gasteiger partial charge in [-0.1, -0.05) is 37.9 Å². The molecule has 5 nitrogen and oxygen atoms in total. The van der Waals surface area contributed by atoms with Crippen molar-refractivity contribution >= 4 is 37.5 Å². The molecule has 0 spiro atoms. The lowest BCUT2D eigenvalue weighted by Crippen LogP contribution is -2.00. The van der Waals surface area contributed by atoms with Crippen molar-refractivity contribution < 1.29 is 9.66 Å². The number of rotatable bonds is 4. The Kier molecular flexibility index (Phi) is 4.74. The van der Waals surface area contributed by atoms with E-state index in [1.54, 1.807) is 18.2 Å². The van der Waals surface area contributed by atoms with E-state index in [4.69, 9.17) is 10.5 Å². The number of hydrogen-bond donors (Lipinski definition) is 1. The third-order valence-electron chi connectivity index (χ3n) is 2.59. The van der Waals surface area contributed by atoms with Crippen molar-refractivity contribution in [2.75, 3.05) is 0 Å². The van der Waals surface area contributed by atoms with E-state index in [-0.39, 0.29) is 18.0 Å². The van der Waals surface area contributed by atoms with Crippen molar-refractivity contribution in [1.29, 1.82) is 0 Å². The van der Waals surface area contributed by atoms with Crippen LogP contribution in [-0.2, 0) is 6.54 Å². The molecule has 0 saturated carbocycles. The van der Waals surface area contributed by atoms with Gasteiger partial charge < -0.3 is 10.5 Å². The number of halogens is 2. The maximum Gasteiger partial charge on any atom is 0.312 e. The van der Waals surface area contributed by atoms with E-state index in [2.05, 4.69) is 31.9 Å². The van der Waals surface area contributed by atoms with E-state index in [0.29, 0.717) is 10.2 Å². The van der Waals surface area contributed by atoms with Crippen molar-refractivity contribution in [1.82, 2.24) is 0 Å². The summed E-state index contributed by atoms with van der Waals surface area (Å²) in [5.41, 5.74) is 6.30. The molecule has 7 heteroatoms. The predicted molar refractivity (Wildman–Crippen MR) is 82.9 cm³/mol. The molecule has 0 aliphatic carbocycles. The van der Waals surface area contributed by atoms with Gasteiger partial charge in [0.25, 0.3) is 0 Å². The largest absolute Gasteiger partial charge is 0.450 e. The lowest BCUT2D eigenvalue weighted by molar-refractivity contribution is -0.385. The van der Waals surface area contributed by atoms with Crippen LogP contribution in [0.5, 0.6) is 11.5 Å².